The minimum atomic E-state index is -3.81. The van der Waals surface area contributed by atoms with Crippen molar-refractivity contribution in [3.8, 4) is 22.9 Å². The Kier molecular flexibility index (Phi) is 6.76. The van der Waals surface area contributed by atoms with Crippen LogP contribution in [0.5, 0.6) is 0 Å². The molecule has 2 heterocycles. The van der Waals surface area contributed by atoms with Crippen LogP contribution in [0.15, 0.2) is 77.8 Å². The van der Waals surface area contributed by atoms with Gasteiger partial charge in [-0.1, -0.05) is 49.2 Å². The number of hydrogen-bond donors (Lipinski definition) is 0. The molecule has 0 aliphatic rings. The van der Waals surface area contributed by atoms with Gasteiger partial charge in [0.1, 0.15) is 5.69 Å². The summed E-state index contributed by atoms with van der Waals surface area (Å²) >= 11 is 6.35. The summed E-state index contributed by atoms with van der Waals surface area (Å²) in [5, 5.41) is 9.16. The smallest absolute Gasteiger partial charge is 0.264 e. The number of hydrogen-bond acceptors (Lipinski definition) is 5. The van der Waals surface area contributed by atoms with E-state index in [0.717, 1.165) is 6.42 Å². The van der Waals surface area contributed by atoms with Gasteiger partial charge in [0.2, 0.25) is 0 Å². The Labute approximate surface area is 198 Å². The van der Waals surface area contributed by atoms with Gasteiger partial charge in [-0.3, -0.25) is 9.29 Å². The van der Waals surface area contributed by atoms with E-state index in [-0.39, 0.29) is 4.90 Å². The summed E-state index contributed by atoms with van der Waals surface area (Å²) in [7, 11) is -1.98. The lowest BCUT2D eigenvalue weighted by atomic mass is 10.1. The van der Waals surface area contributed by atoms with E-state index in [0.29, 0.717) is 46.6 Å². The van der Waals surface area contributed by atoms with Crippen molar-refractivity contribution in [3.63, 3.8) is 0 Å². The molecule has 0 unspecified atom stereocenters. The number of benzene rings is 2. The van der Waals surface area contributed by atoms with Crippen molar-refractivity contribution in [1.82, 2.24) is 19.7 Å². The molecule has 0 aliphatic heterocycles. The molecule has 2 aromatic carbocycles. The van der Waals surface area contributed by atoms with Gasteiger partial charge in [0, 0.05) is 30.4 Å². The summed E-state index contributed by atoms with van der Waals surface area (Å²) in [5.74, 6) is 1.07. The fraction of sp³-hybridized carbons (Fsp3) is 0.208. The van der Waals surface area contributed by atoms with Crippen molar-refractivity contribution in [3.05, 3.63) is 77.9 Å². The SMILES string of the molecule is CCCCN(c1ccc(Cl)cc1-c1nnc(-c2ccccn2)n1C)S(=O)(=O)c1ccccc1. The second-order valence-corrected chi connectivity index (χ2v) is 9.83. The van der Waals surface area contributed by atoms with Crippen LogP contribution in [-0.4, -0.2) is 34.7 Å². The van der Waals surface area contributed by atoms with Crippen LogP contribution in [0, 0.1) is 0 Å². The third kappa shape index (κ3) is 4.62. The van der Waals surface area contributed by atoms with Gasteiger partial charge in [0.25, 0.3) is 10.0 Å². The topological polar surface area (TPSA) is 81.0 Å². The Morgan fingerprint density at radius 1 is 0.970 bits per heavy atom. The first kappa shape index (κ1) is 22.9. The van der Waals surface area contributed by atoms with Crippen LogP contribution in [0.3, 0.4) is 0 Å². The van der Waals surface area contributed by atoms with Crippen LogP contribution in [0.1, 0.15) is 19.8 Å². The maximum absolute atomic E-state index is 13.7. The molecule has 7 nitrogen and oxygen atoms in total. The van der Waals surface area contributed by atoms with Gasteiger partial charge in [-0.05, 0) is 48.9 Å². The quantitative estimate of drug-likeness (QED) is 0.346. The second-order valence-electron chi connectivity index (χ2n) is 7.53. The normalized spacial score (nSPS) is 11.5. The first-order valence-corrected chi connectivity index (χ1v) is 12.4. The molecule has 0 aliphatic carbocycles. The average molecular weight is 482 g/mol. The third-order valence-electron chi connectivity index (χ3n) is 5.28. The number of aromatic nitrogens is 4. The zero-order chi connectivity index (χ0) is 23.4. The number of halogens is 1. The molecule has 33 heavy (non-hydrogen) atoms. The van der Waals surface area contributed by atoms with Crippen LogP contribution in [0.2, 0.25) is 5.02 Å². The molecule has 0 fully saturated rings. The van der Waals surface area contributed by atoms with E-state index in [4.69, 9.17) is 11.6 Å². The molecule has 0 atom stereocenters. The molecule has 0 bridgehead atoms. The van der Waals surface area contributed by atoms with Gasteiger partial charge in [-0.25, -0.2) is 8.42 Å². The van der Waals surface area contributed by atoms with Crippen LogP contribution in [0.25, 0.3) is 22.9 Å². The van der Waals surface area contributed by atoms with Crippen molar-refractivity contribution in [2.24, 2.45) is 7.05 Å². The van der Waals surface area contributed by atoms with Gasteiger partial charge in [0.05, 0.1) is 10.6 Å². The van der Waals surface area contributed by atoms with E-state index < -0.39 is 10.0 Å². The lowest BCUT2D eigenvalue weighted by Gasteiger charge is -2.26. The molecule has 0 spiro atoms. The van der Waals surface area contributed by atoms with Crippen molar-refractivity contribution in [1.29, 1.82) is 0 Å². The van der Waals surface area contributed by atoms with E-state index in [1.807, 2.05) is 32.2 Å². The summed E-state index contributed by atoms with van der Waals surface area (Å²) in [4.78, 5) is 4.59. The van der Waals surface area contributed by atoms with Gasteiger partial charge in [-0.2, -0.15) is 0 Å². The molecule has 170 valence electrons. The minimum Gasteiger partial charge on any atom is -0.309 e. The molecule has 4 rings (SSSR count). The summed E-state index contributed by atoms with van der Waals surface area (Å²) in [6.07, 6.45) is 3.23. The van der Waals surface area contributed by atoms with Crippen LogP contribution >= 0.6 is 11.6 Å². The Hall–Kier alpha value is -3.23. The number of anilines is 1. The van der Waals surface area contributed by atoms with Crippen molar-refractivity contribution >= 4 is 27.3 Å². The van der Waals surface area contributed by atoms with E-state index in [2.05, 4.69) is 15.2 Å². The van der Waals surface area contributed by atoms with Crippen molar-refractivity contribution in [2.45, 2.75) is 24.7 Å². The predicted molar refractivity (Wildman–Crippen MR) is 131 cm³/mol. The highest BCUT2D eigenvalue weighted by atomic mass is 35.5. The number of pyridine rings is 1. The van der Waals surface area contributed by atoms with Crippen LogP contribution in [-0.2, 0) is 17.1 Å². The summed E-state index contributed by atoms with van der Waals surface area (Å²) in [6, 6.07) is 19.1. The number of sulfonamides is 1. The molecule has 9 heteroatoms. The average Bonchev–Trinajstić information content (AvgIpc) is 3.22. The molecule has 0 N–H and O–H groups in total. The first-order valence-electron chi connectivity index (χ1n) is 10.6. The molecule has 4 aromatic rings. The Balaban J connectivity index is 1.88. The number of rotatable bonds is 8. The van der Waals surface area contributed by atoms with Crippen molar-refractivity contribution in [2.75, 3.05) is 10.8 Å². The Bertz CT molecular complexity index is 1340. The molecule has 0 saturated heterocycles. The number of nitrogens with zero attached hydrogens (tertiary/aromatic N) is 5. The second kappa shape index (κ2) is 9.72. The molecular formula is C24H24ClN5O2S. The summed E-state index contributed by atoms with van der Waals surface area (Å²) in [6.45, 7) is 2.35. The van der Waals surface area contributed by atoms with Gasteiger partial charge < -0.3 is 4.57 Å². The maximum Gasteiger partial charge on any atom is 0.264 e. The zero-order valence-electron chi connectivity index (χ0n) is 18.4. The molecular weight excluding hydrogens is 458 g/mol. The zero-order valence-corrected chi connectivity index (χ0v) is 20.0. The Morgan fingerprint density at radius 3 is 2.39 bits per heavy atom. The predicted octanol–water partition coefficient (Wildman–Crippen LogP) is 5.19. The van der Waals surface area contributed by atoms with Gasteiger partial charge in [-0.15, -0.1) is 10.2 Å². The minimum absolute atomic E-state index is 0.231. The van der Waals surface area contributed by atoms with E-state index in [1.165, 1.54) is 4.31 Å². The largest absolute Gasteiger partial charge is 0.309 e. The molecule has 0 radical (unpaired) electrons. The molecule has 0 saturated carbocycles. The standard InChI is InChI=1S/C24H24ClN5O2S/c1-3-4-16-30(33(31,32)19-10-6-5-7-11-19)22-14-13-18(25)17-20(22)23-27-28-24(29(23)2)21-12-8-9-15-26-21/h5-15,17H,3-4,16H2,1-2H3. The van der Waals surface area contributed by atoms with E-state index in [9.17, 15) is 8.42 Å². The third-order valence-corrected chi connectivity index (χ3v) is 7.35. The van der Waals surface area contributed by atoms with Gasteiger partial charge in [0.15, 0.2) is 11.6 Å². The van der Waals surface area contributed by atoms with Crippen LogP contribution < -0.4 is 4.31 Å². The fourth-order valence-electron chi connectivity index (χ4n) is 3.58. The lowest BCUT2D eigenvalue weighted by molar-refractivity contribution is 0.588. The first-order chi connectivity index (χ1) is 15.9. The lowest BCUT2D eigenvalue weighted by Crippen LogP contribution is -2.32. The highest BCUT2D eigenvalue weighted by Crippen LogP contribution is 2.36. The molecule has 0 amide bonds. The van der Waals surface area contributed by atoms with E-state index >= 15 is 0 Å². The monoisotopic (exact) mass is 481 g/mol. The van der Waals surface area contributed by atoms with Crippen LogP contribution in [0.4, 0.5) is 5.69 Å². The highest BCUT2D eigenvalue weighted by Gasteiger charge is 2.28. The van der Waals surface area contributed by atoms with Crippen molar-refractivity contribution < 1.29 is 8.42 Å². The summed E-state index contributed by atoms with van der Waals surface area (Å²) < 4.78 is 30.6. The fourth-order valence-corrected chi connectivity index (χ4v) is 5.29. The van der Waals surface area contributed by atoms with Gasteiger partial charge >= 0.3 is 0 Å². The Morgan fingerprint density at radius 2 is 1.70 bits per heavy atom. The summed E-state index contributed by atoms with van der Waals surface area (Å²) in [5.41, 5.74) is 1.75. The highest BCUT2D eigenvalue weighted by molar-refractivity contribution is 7.92. The maximum atomic E-state index is 13.7. The van der Waals surface area contributed by atoms with E-state index in [1.54, 1.807) is 59.3 Å². The number of unbranched alkanes of at least 4 members (excludes halogenated alkanes) is 1. The molecule has 2 aromatic heterocycles.